The molecule has 0 aliphatic rings. The summed E-state index contributed by atoms with van der Waals surface area (Å²) >= 11 is 0. The van der Waals surface area contributed by atoms with E-state index >= 15 is 0 Å². The van der Waals surface area contributed by atoms with Crippen LogP contribution in [0.25, 0.3) is 10.8 Å². The Bertz CT molecular complexity index is 544. The second-order valence-corrected chi connectivity index (χ2v) is 3.18. The average Bonchev–Trinajstić information content (AvgIpc) is 2.28. The Morgan fingerprint density at radius 2 is 1.67 bits per heavy atom. The third-order valence-electron chi connectivity index (χ3n) is 2.34. The maximum absolute atomic E-state index is 10.8. The fourth-order valence-electron chi connectivity index (χ4n) is 1.63. The van der Waals surface area contributed by atoms with Crippen molar-refractivity contribution in [1.82, 2.24) is 0 Å². The Kier molecular flexibility index (Phi) is 2.21. The number of carbonyl (C=O) groups is 2. The SMILES string of the molecule is O=Cc1cc(O)c(C=O)c2ccccc12. The van der Waals surface area contributed by atoms with Crippen LogP contribution >= 0.6 is 0 Å². The highest BCUT2D eigenvalue weighted by molar-refractivity contribution is 6.07. The highest BCUT2D eigenvalue weighted by atomic mass is 16.3. The molecule has 0 saturated heterocycles. The minimum Gasteiger partial charge on any atom is -0.507 e. The van der Waals surface area contributed by atoms with Crippen molar-refractivity contribution in [2.45, 2.75) is 0 Å². The van der Waals surface area contributed by atoms with Crippen LogP contribution in [0.2, 0.25) is 0 Å². The van der Waals surface area contributed by atoms with Gasteiger partial charge in [0, 0.05) is 5.56 Å². The normalized spacial score (nSPS) is 10.1. The van der Waals surface area contributed by atoms with Gasteiger partial charge in [0.25, 0.3) is 0 Å². The summed E-state index contributed by atoms with van der Waals surface area (Å²) in [6.45, 7) is 0. The number of phenolic OH excluding ortho intramolecular Hbond substituents is 1. The molecule has 0 saturated carbocycles. The first-order valence-electron chi connectivity index (χ1n) is 4.43. The van der Waals surface area contributed by atoms with Gasteiger partial charge in [0.05, 0.1) is 5.56 Å². The number of rotatable bonds is 2. The lowest BCUT2D eigenvalue weighted by atomic mass is 10.00. The molecule has 0 aliphatic heterocycles. The summed E-state index contributed by atoms with van der Waals surface area (Å²) in [5, 5.41) is 10.8. The summed E-state index contributed by atoms with van der Waals surface area (Å²) in [6, 6.07) is 8.28. The zero-order valence-electron chi connectivity index (χ0n) is 7.81. The zero-order valence-corrected chi connectivity index (χ0v) is 7.81. The van der Waals surface area contributed by atoms with E-state index in [9.17, 15) is 14.7 Å². The second kappa shape index (κ2) is 3.53. The Hall–Kier alpha value is -2.16. The summed E-state index contributed by atoms with van der Waals surface area (Å²) < 4.78 is 0. The van der Waals surface area contributed by atoms with Crippen LogP contribution in [0.4, 0.5) is 0 Å². The van der Waals surface area contributed by atoms with E-state index in [1.54, 1.807) is 24.3 Å². The third-order valence-corrected chi connectivity index (χ3v) is 2.34. The molecule has 2 rings (SSSR count). The van der Waals surface area contributed by atoms with Crippen molar-refractivity contribution in [2.24, 2.45) is 0 Å². The summed E-state index contributed by atoms with van der Waals surface area (Å²) in [7, 11) is 0. The maximum atomic E-state index is 10.8. The van der Waals surface area contributed by atoms with E-state index in [1.807, 2.05) is 0 Å². The first kappa shape index (κ1) is 9.40. The van der Waals surface area contributed by atoms with Gasteiger partial charge in [0.2, 0.25) is 0 Å². The van der Waals surface area contributed by atoms with Gasteiger partial charge in [-0.1, -0.05) is 24.3 Å². The van der Waals surface area contributed by atoms with Crippen LogP contribution in [0.15, 0.2) is 30.3 Å². The molecule has 74 valence electrons. The van der Waals surface area contributed by atoms with Crippen LogP contribution < -0.4 is 0 Å². The molecule has 0 spiro atoms. The third kappa shape index (κ3) is 1.38. The van der Waals surface area contributed by atoms with E-state index in [-0.39, 0.29) is 11.3 Å². The molecule has 0 heterocycles. The number of benzene rings is 2. The van der Waals surface area contributed by atoms with Crippen molar-refractivity contribution >= 4 is 23.3 Å². The van der Waals surface area contributed by atoms with Gasteiger partial charge in [-0.05, 0) is 16.8 Å². The number of aldehydes is 2. The van der Waals surface area contributed by atoms with Crippen LogP contribution in [0.1, 0.15) is 20.7 Å². The molecule has 15 heavy (non-hydrogen) atoms. The number of hydrogen-bond acceptors (Lipinski definition) is 3. The summed E-state index contributed by atoms with van der Waals surface area (Å²) in [4.78, 5) is 21.6. The van der Waals surface area contributed by atoms with Gasteiger partial charge in [0.15, 0.2) is 12.6 Å². The summed E-state index contributed by atoms with van der Waals surface area (Å²) in [6.07, 6.45) is 1.25. The topological polar surface area (TPSA) is 54.4 Å². The fraction of sp³-hybridized carbons (Fsp3) is 0. The number of aromatic hydroxyl groups is 1. The molecular weight excluding hydrogens is 192 g/mol. The molecule has 0 amide bonds. The van der Waals surface area contributed by atoms with E-state index in [4.69, 9.17) is 0 Å². The maximum Gasteiger partial charge on any atom is 0.154 e. The standard InChI is InChI=1S/C12H8O3/c13-6-8-5-12(15)11(7-14)10-4-2-1-3-9(8)10/h1-7,15H. The van der Waals surface area contributed by atoms with Crippen LogP contribution in [0.3, 0.4) is 0 Å². The molecule has 0 atom stereocenters. The first-order chi connectivity index (χ1) is 7.27. The molecule has 2 aromatic rings. The molecule has 1 N–H and O–H groups in total. The second-order valence-electron chi connectivity index (χ2n) is 3.18. The smallest absolute Gasteiger partial charge is 0.154 e. The minimum atomic E-state index is -0.161. The lowest BCUT2D eigenvalue weighted by Gasteiger charge is -2.05. The number of hydrogen-bond donors (Lipinski definition) is 1. The van der Waals surface area contributed by atoms with Gasteiger partial charge in [0.1, 0.15) is 5.75 Å². The van der Waals surface area contributed by atoms with Crippen molar-refractivity contribution in [3.8, 4) is 5.75 Å². The molecule has 0 radical (unpaired) electrons. The minimum absolute atomic E-state index is 0.161. The number of fused-ring (bicyclic) bond motifs is 1. The Labute approximate surface area is 86.0 Å². The molecule has 0 aromatic heterocycles. The van der Waals surface area contributed by atoms with Crippen molar-refractivity contribution in [3.63, 3.8) is 0 Å². The van der Waals surface area contributed by atoms with Crippen LogP contribution in [-0.4, -0.2) is 17.7 Å². The van der Waals surface area contributed by atoms with Crippen LogP contribution in [-0.2, 0) is 0 Å². The van der Waals surface area contributed by atoms with E-state index in [2.05, 4.69) is 0 Å². The molecule has 3 heteroatoms. The lowest BCUT2D eigenvalue weighted by Crippen LogP contribution is -1.90. The van der Waals surface area contributed by atoms with Gasteiger partial charge in [-0.15, -0.1) is 0 Å². The van der Waals surface area contributed by atoms with Gasteiger partial charge in [-0.25, -0.2) is 0 Å². The molecule has 0 bridgehead atoms. The monoisotopic (exact) mass is 200 g/mol. The van der Waals surface area contributed by atoms with Crippen molar-refractivity contribution in [2.75, 3.05) is 0 Å². The molecular formula is C12H8O3. The largest absolute Gasteiger partial charge is 0.507 e. The van der Waals surface area contributed by atoms with E-state index in [0.717, 1.165) is 0 Å². The van der Waals surface area contributed by atoms with Gasteiger partial charge >= 0.3 is 0 Å². The highest BCUT2D eigenvalue weighted by Gasteiger charge is 2.09. The summed E-state index contributed by atoms with van der Waals surface area (Å²) in [5.41, 5.74) is 0.602. The van der Waals surface area contributed by atoms with Crippen LogP contribution in [0.5, 0.6) is 5.75 Å². The Morgan fingerprint density at radius 3 is 2.27 bits per heavy atom. The molecule has 0 aliphatic carbocycles. The van der Waals surface area contributed by atoms with Crippen molar-refractivity contribution in [1.29, 1.82) is 0 Å². The Morgan fingerprint density at radius 1 is 1.00 bits per heavy atom. The van der Waals surface area contributed by atoms with Gasteiger partial charge in [-0.3, -0.25) is 9.59 Å². The van der Waals surface area contributed by atoms with Crippen molar-refractivity contribution in [3.05, 3.63) is 41.5 Å². The lowest BCUT2D eigenvalue weighted by molar-refractivity contribution is 0.111. The van der Waals surface area contributed by atoms with Gasteiger partial charge in [-0.2, -0.15) is 0 Å². The zero-order chi connectivity index (χ0) is 10.8. The quantitative estimate of drug-likeness (QED) is 0.756. The van der Waals surface area contributed by atoms with E-state index in [0.29, 0.717) is 28.9 Å². The van der Waals surface area contributed by atoms with Crippen LogP contribution in [0, 0.1) is 0 Å². The van der Waals surface area contributed by atoms with Gasteiger partial charge < -0.3 is 5.11 Å². The average molecular weight is 200 g/mol. The molecule has 0 unspecified atom stereocenters. The van der Waals surface area contributed by atoms with Crippen molar-refractivity contribution < 1.29 is 14.7 Å². The summed E-state index contributed by atoms with van der Waals surface area (Å²) in [5.74, 6) is -0.161. The molecule has 0 fully saturated rings. The Balaban J connectivity index is 2.98. The molecule has 3 nitrogen and oxygen atoms in total. The van der Waals surface area contributed by atoms with E-state index < -0.39 is 0 Å². The fourth-order valence-corrected chi connectivity index (χ4v) is 1.63. The predicted molar refractivity (Wildman–Crippen MR) is 56.4 cm³/mol. The number of phenols is 1. The molecule has 2 aromatic carbocycles. The van der Waals surface area contributed by atoms with E-state index in [1.165, 1.54) is 6.07 Å². The predicted octanol–water partition coefficient (Wildman–Crippen LogP) is 2.17. The highest BCUT2D eigenvalue weighted by Crippen LogP contribution is 2.28. The first-order valence-corrected chi connectivity index (χ1v) is 4.43. The number of carbonyl (C=O) groups excluding carboxylic acids is 2.